The van der Waals surface area contributed by atoms with Crippen molar-refractivity contribution in [2.24, 2.45) is 0 Å². The van der Waals surface area contributed by atoms with Crippen molar-refractivity contribution < 1.29 is 4.79 Å². The predicted octanol–water partition coefficient (Wildman–Crippen LogP) is 3.73. The van der Waals surface area contributed by atoms with Crippen LogP contribution in [0.3, 0.4) is 0 Å². The van der Waals surface area contributed by atoms with Gasteiger partial charge in [0.05, 0.1) is 5.75 Å². The molecule has 0 N–H and O–H groups in total. The lowest BCUT2D eigenvalue weighted by Crippen LogP contribution is -2.49. The molecule has 1 saturated carbocycles. The van der Waals surface area contributed by atoms with Crippen LogP contribution in [0.5, 0.6) is 0 Å². The number of aryl methyl sites for hydroxylation is 1. The molecule has 5 rings (SSSR count). The molecule has 0 unspecified atom stereocenters. The lowest BCUT2D eigenvalue weighted by atomic mass is 10.1. The average molecular weight is 449 g/mol. The quantitative estimate of drug-likeness (QED) is 0.535. The summed E-state index contributed by atoms with van der Waals surface area (Å²) in [5, 5.41) is 9.68. The molecule has 1 aliphatic heterocycles. The Morgan fingerprint density at radius 1 is 1.03 bits per heavy atom. The van der Waals surface area contributed by atoms with E-state index in [4.69, 9.17) is 0 Å². The molecule has 7 nitrogen and oxygen atoms in total. The van der Waals surface area contributed by atoms with Crippen LogP contribution in [0.15, 0.2) is 47.9 Å². The fraction of sp³-hybridized carbons (Fsp3) is 0.417. The minimum Gasteiger partial charge on any atom is -0.368 e. The zero-order valence-corrected chi connectivity index (χ0v) is 19.4. The highest BCUT2D eigenvalue weighted by atomic mass is 32.2. The Balaban J connectivity index is 1.21. The number of hydrogen-bond donors (Lipinski definition) is 0. The second-order valence-corrected chi connectivity index (χ2v) is 9.46. The number of carbonyl (C=O) groups excluding carboxylic acids is 1. The van der Waals surface area contributed by atoms with Crippen LogP contribution in [0.4, 0.5) is 5.69 Å². The molecular weight excluding hydrogens is 420 g/mol. The summed E-state index contributed by atoms with van der Waals surface area (Å²) < 4.78 is 2.20. The van der Waals surface area contributed by atoms with E-state index in [2.05, 4.69) is 56.7 Å². The topological polar surface area (TPSA) is 67.2 Å². The third kappa shape index (κ3) is 4.24. The number of rotatable bonds is 6. The highest BCUT2D eigenvalue weighted by molar-refractivity contribution is 7.99. The molecule has 0 atom stereocenters. The van der Waals surface area contributed by atoms with Crippen molar-refractivity contribution in [3.05, 3.63) is 53.9 Å². The van der Waals surface area contributed by atoms with Gasteiger partial charge in [-0.3, -0.25) is 14.3 Å². The molecule has 2 aromatic heterocycles. The van der Waals surface area contributed by atoms with Crippen molar-refractivity contribution >= 4 is 23.4 Å². The van der Waals surface area contributed by atoms with Gasteiger partial charge in [0.25, 0.3) is 0 Å². The van der Waals surface area contributed by atoms with E-state index in [0.717, 1.165) is 55.6 Å². The SMILES string of the molecule is Cc1cccc(N2CCN(C(=O)CSc3nnc(-c4ccncc4)n3C3CC3)CC2)c1C. The highest BCUT2D eigenvalue weighted by Gasteiger charge is 2.31. The maximum absolute atomic E-state index is 12.9. The molecule has 2 fully saturated rings. The molecule has 0 spiro atoms. The van der Waals surface area contributed by atoms with Crippen molar-refractivity contribution in [2.45, 2.75) is 37.9 Å². The third-order valence-electron chi connectivity index (χ3n) is 6.39. The van der Waals surface area contributed by atoms with E-state index >= 15 is 0 Å². The van der Waals surface area contributed by atoms with Gasteiger partial charge in [0.2, 0.25) is 5.91 Å². The van der Waals surface area contributed by atoms with Gasteiger partial charge in [-0.25, -0.2) is 0 Å². The van der Waals surface area contributed by atoms with Crippen LogP contribution < -0.4 is 4.90 Å². The number of amides is 1. The summed E-state index contributed by atoms with van der Waals surface area (Å²) in [5.41, 5.74) is 4.93. The number of thioether (sulfide) groups is 1. The fourth-order valence-corrected chi connectivity index (χ4v) is 5.14. The van der Waals surface area contributed by atoms with Crippen molar-refractivity contribution in [1.82, 2.24) is 24.6 Å². The minimum absolute atomic E-state index is 0.173. The van der Waals surface area contributed by atoms with Gasteiger partial charge in [0.15, 0.2) is 11.0 Å². The Kier molecular flexibility index (Phi) is 5.87. The van der Waals surface area contributed by atoms with Crippen molar-refractivity contribution in [1.29, 1.82) is 0 Å². The van der Waals surface area contributed by atoms with Gasteiger partial charge in [-0.15, -0.1) is 10.2 Å². The smallest absolute Gasteiger partial charge is 0.233 e. The second-order valence-electron chi connectivity index (χ2n) is 8.52. The Hall–Kier alpha value is -2.87. The van der Waals surface area contributed by atoms with Gasteiger partial charge in [-0.1, -0.05) is 23.9 Å². The molecule has 1 aromatic carbocycles. The van der Waals surface area contributed by atoms with E-state index in [1.807, 2.05) is 17.0 Å². The fourth-order valence-electron chi connectivity index (χ4n) is 4.23. The number of nitrogens with zero attached hydrogens (tertiary/aromatic N) is 6. The van der Waals surface area contributed by atoms with Gasteiger partial charge in [0.1, 0.15) is 0 Å². The minimum atomic E-state index is 0.173. The number of pyridine rings is 1. The molecule has 0 radical (unpaired) electrons. The Morgan fingerprint density at radius 3 is 2.50 bits per heavy atom. The molecule has 32 heavy (non-hydrogen) atoms. The summed E-state index contributed by atoms with van der Waals surface area (Å²) in [6.45, 7) is 7.57. The lowest BCUT2D eigenvalue weighted by molar-refractivity contribution is -0.128. The second kappa shape index (κ2) is 8.94. The number of anilines is 1. The van der Waals surface area contributed by atoms with E-state index in [0.29, 0.717) is 11.8 Å². The molecule has 1 aliphatic carbocycles. The van der Waals surface area contributed by atoms with E-state index in [9.17, 15) is 4.79 Å². The number of aromatic nitrogens is 4. The van der Waals surface area contributed by atoms with E-state index in [1.54, 1.807) is 12.4 Å². The maximum atomic E-state index is 12.9. The van der Waals surface area contributed by atoms with Crippen molar-refractivity contribution in [2.75, 3.05) is 36.8 Å². The summed E-state index contributed by atoms with van der Waals surface area (Å²) in [5.74, 6) is 1.43. The largest absolute Gasteiger partial charge is 0.368 e. The molecule has 1 saturated heterocycles. The predicted molar refractivity (Wildman–Crippen MR) is 127 cm³/mol. The molecule has 1 amide bonds. The zero-order chi connectivity index (χ0) is 22.1. The van der Waals surface area contributed by atoms with Gasteiger partial charge < -0.3 is 9.80 Å². The van der Waals surface area contributed by atoms with Gasteiger partial charge >= 0.3 is 0 Å². The monoisotopic (exact) mass is 448 g/mol. The first-order valence-corrected chi connectivity index (χ1v) is 12.2. The number of piperazine rings is 1. The van der Waals surface area contributed by atoms with Gasteiger partial charge in [0, 0.05) is 55.9 Å². The van der Waals surface area contributed by atoms with Crippen molar-refractivity contribution in [3.63, 3.8) is 0 Å². The summed E-state index contributed by atoms with van der Waals surface area (Å²) in [7, 11) is 0. The standard InChI is InChI=1S/C24H28N6OS/c1-17-4-3-5-21(18(17)2)28-12-14-29(15-13-28)22(31)16-32-24-27-26-23(30(24)20-6-7-20)19-8-10-25-11-9-19/h3-5,8-11,20H,6-7,12-16H2,1-2H3. The van der Waals surface area contributed by atoms with E-state index < -0.39 is 0 Å². The average Bonchev–Trinajstić information content (AvgIpc) is 3.58. The first-order valence-electron chi connectivity index (χ1n) is 11.2. The normalized spacial score (nSPS) is 16.4. The Bertz CT molecular complexity index is 1100. The molecule has 0 bridgehead atoms. The number of benzene rings is 1. The summed E-state index contributed by atoms with van der Waals surface area (Å²) >= 11 is 1.50. The van der Waals surface area contributed by atoms with Crippen LogP contribution in [-0.2, 0) is 4.79 Å². The molecule has 2 aliphatic rings. The molecule has 166 valence electrons. The van der Waals surface area contributed by atoms with Crippen LogP contribution >= 0.6 is 11.8 Å². The highest BCUT2D eigenvalue weighted by Crippen LogP contribution is 2.41. The summed E-state index contributed by atoms with van der Waals surface area (Å²) in [6.07, 6.45) is 5.82. The van der Waals surface area contributed by atoms with Crippen LogP contribution in [0.25, 0.3) is 11.4 Å². The van der Waals surface area contributed by atoms with Crippen LogP contribution in [-0.4, -0.2) is 62.5 Å². The van der Waals surface area contributed by atoms with Crippen LogP contribution in [0, 0.1) is 13.8 Å². The zero-order valence-electron chi connectivity index (χ0n) is 18.6. The van der Waals surface area contributed by atoms with Crippen molar-refractivity contribution in [3.8, 4) is 11.4 Å². The molecule has 8 heteroatoms. The lowest BCUT2D eigenvalue weighted by Gasteiger charge is -2.37. The third-order valence-corrected chi connectivity index (χ3v) is 7.32. The van der Waals surface area contributed by atoms with Crippen LogP contribution in [0.1, 0.15) is 30.0 Å². The molecule has 3 aromatic rings. The first kappa shape index (κ1) is 21.0. The Morgan fingerprint density at radius 2 is 1.78 bits per heavy atom. The first-order chi connectivity index (χ1) is 15.6. The van der Waals surface area contributed by atoms with Gasteiger partial charge in [-0.2, -0.15) is 0 Å². The van der Waals surface area contributed by atoms with E-state index in [-0.39, 0.29) is 5.91 Å². The summed E-state index contributed by atoms with van der Waals surface area (Å²) in [4.78, 5) is 21.4. The van der Waals surface area contributed by atoms with Crippen LogP contribution in [0.2, 0.25) is 0 Å². The summed E-state index contributed by atoms with van der Waals surface area (Å²) in [6, 6.07) is 10.8. The Labute approximate surface area is 192 Å². The van der Waals surface area contributed by atoms with Gasteiger partial charge in [-0.05, 0) is 56.0 Å². The number of carbonyl (C=O) groups is 1. The number of hydrogen-bond acceptors (Lipinski definition) is 6. The molecular formula is C24H28N6OS. The van der Waals surface area contributed by atoms with E-state index in [1.165, 1.54) is 28.6 Å². The molecule has 3 heterocycles. The maximum Gasteiger partial charge on any atom is 0.233 e.